The number of rotatable bonds is 4. The Morgan fingerprint density at radius 2 is 2.40 bits per heavy atom. The van der Waals surface area contributed by atoms with Crippen LogP contribution in [0.3, 0.4) is 0 Å². The summed E-state index contributed by atoms with van der Waals surface area (Å²) in [6.45, 7) is 2.36. The van der Waals surface area contributed by atoms with Crippen molar-refractivity contribution in [2.24, 2.45) is 0 Å². The van der Waals surface area contributed by atoms with E-state index >= 15 is 0 Å². The van der Waals surface area contributed by atoms with E-state index in [1.54, 1.807) is 19.5 Å². The number of carbonyl (C=O) groups is 1. The molecule has 1 atom stereocenters. The zero-order chi connectivity index (χ0) is 14.5. The van der Waals surface area contributed by atoms with Gasteiger partial charge in [0.05, 0.1) is 13.2 Å². The number of nitrogens with zero attached hydrogens (tertiary/aromatic N) is 2. The molecule has 0 spiro atoms. The van der Waals surface area contributed by atoms with Crippen LogP contribution in [0.25, 0.3) is 5.57 Å². The number of amides is 1. The molecule has 0 radical (unpaired) electrons. The maximum Gasteiger partial charge on any atom is 0.407 e. The standard InChI is InChI=1S/C15H20N2O3/c1-3-17(15(18)19)12-6-4-5-11(9-12)13-10-16-8-7-14(13)20-2/h7-10,12H,3-6H2,1-2H3,(H,18,19). The second-order valence-corrected chi connectivity index (χ2v) is 4.80. The van der Waals surface area contributed by atoms with Crippen molar-refractivity contribution in [1.82, 2.24) is 9.88 Å². The first-order valence-electron chi connectivity index (χ1n) is 6.86. The van der Waals surface area contributed by atoms with Gasteiger partial charge in [0.1, 0.15) is 5.75 Å². The molecule has 5 heteroatoms. The summed E-state index contributed by atoms with van der Waals surface area (Å²) in [6, 6.07) is 1.76. The van der Waals surface area contributed by atoms with E-state index in [2.05, 4.69) is 4.98 Å². The molecule has 1 amide bonds. The lowest BCUT2D eigenvalue weighted by Crippen LogP contribution is -2.39. The normalized spacial score (nSPS) is 18.3. The number of ether oxygens (including phenoxy) is 1. The van der Waals surface area contributed by atoms with Gasteiger partial charge in [-0.05, 0) is 37.8 Å². The molecular weight excluding hydrogens is 256 g/mol. The van der Waals surface area contributed by atoms with Crippen LogP contribution in [0.2, 0.25) is 0 Å². The summed E-state index contributed by atoms with van der Waals surface area (Å²) in [5, 5.41) is 9.24. The molecular formula is C15H20N2O3. The van der Waals surface area contributed by atoms with Crippen LogP contribution < -0.4 is 4.74 Å². The largest absolute Gasteiger partial charge is 0.496 e. The van der Waals surface area contributed by atoms with Gasteiger partial charge >= 0.3 is 6.09 Å². The third kappa shape index (κ3) is 2.92. The molecule has 1 aromatic rings. The van der Waals surface area contributed by atoms with Crippen molar-refractivity contribution in [2.75, 3.05) is 13.7 Å². The number of carboxylic acid groups (broad SMARTS) is 1. The van der Waals surface area contributed by atoms with E-state index in [1.165, 1.54) is 4.90 Å². The molecule has 2 rings (SSSR count). The van der Waals surface area contributed by atoms with Gasteiger partial charge in [-0.1, -0.05) is 6.08 Å². The van der Waals surface area contributed by atoms with Gasteiger partial charge in [-0.3, -0.25) is 4.98 Å². The number of hydrogen-bond donors (Lipinski definition) is 1. The van der Waals surface area contributed by atoms with Gasteiger partial charge in [0.25, 0.3) is 0 Å². The zero-order valence-corrected chi connectivity index (χ0v) is 11.9. The summed E-state index contributed by atoms with van der Waals surface area (Å²) >= 11 is 0. The highest BCUT2D eigenvalue weighted by Gasteiger charge is 2.24. The van der Waals surface area contributed by atoms with Crippen molar-refractivity contribution in [1.29, 1.82) is 0 Å². The predicted molar refractivity (Wildman–Crippen MR) is 76.8 cm³/mol. The number of aromatic nitrogens is 1. The number of likely N-dealkylation sites (N-methyl/N-ethyl adjacent to an activating group) is 1. The first-order chi connectivity index (χ1) is 9.67. The molecule has 1 aromatic heterocycles. The van der Waals surface area contributed by atoms with E-state index in [0.717, 1.165) is 36.1 Å². The first-order valence-corrected chi connectivity index (χ1v) is 6.86. The van der Waals surface area contributed by atoms with Crippen LogP contribution >= 0.6 is 0 Å². The highest BCUT2D eigenvalue weighted by atomic mass is 16.5. The van der Waals surface area contributed by atoms with Crippen molar-refractivity contribution in [3.05, 3.63) is 30.1 Å². The number of pyridine rings is 1. The van der Waals surface area contributed by atoms with Crippen LogP contribution in [-0.2, 0) is 0 Å². The Labute approximate surface area is 118 Å². The molecule has 5 nitrogen and oxygen atoms in total. The monoisotopic (exact) mass is 276 g/mol. The van der Waals surface area contributed by atoms with E-state index in [1.807, 2.05) is 19.1 Å². The van der Waals surface area contributed by atoms with E-state index in [0.29, 0.717) is 6.54 Å². The average molecular weight is 276 g/mol. The van der Waals surface area contributed by atoms with Crippen molar-refractivity contribution >= 4 is 11.7 Å². The van der Waals surface area contributed by atoms with E-state index in [-0.39, 0.29) is 6.04 Å². The Balaban J connectivity index is 2.32. The Kier molecular flexibility index (Phi) is 4.61. The summed E-state index contributed by atoms with van der Waals surface area (Å²) < 4.78 is 5.36. The van der Waals surface area contributed by atoms with Crippen LogP contribution in [0.4, 0.5) is 4.79 Å². The lowest BCUT2D eigenvalue weighted by molar-refractivity contribution is 0.133. The second-order valence-electron chi connectivity index (χ2n) is 4.80. The summed E-state index contributed by atoms with van der Waals surface area (Å²) in [7, 11) is 1.63. The minimum absolute atomic E-state index is 0.0637. The third-order valence-corrected chi connectivity index (χ3v) is 3.67. The van der Waals surface area contributed by atoms with Crippen molar-refractivity contribution < 1.29 is 14.6 Å². The van der Waals surface area contributed by atoms with Gasteiger partial charge in [-0.25, -0.2) is 4.79 Å². The molecule has 0 aromatic carbocycles. The smallest absolute Gasteiger partial charge is 0.407 e. The van der Waals surface area contributed by atoms with Gasteiger partial charge < -0.3 is 14.7 Å². The van der Waals surface area contributed by atoms with E-state index in [9.17, 15) is 9.90 Å². The van der Waals surface area contributed by atoms with E-state index in [4.69, 9.17) is 4.74 Å². The summed E-state index contributed by atoms with van der Waals surface area (Å²) in [5.74, 6) is 0.783. The highest BCUT2D eigenvalue weighted by Crippen LogP contribution is 2.33. The molecule has 108 valence electrons. The molecule has 0 saturated heterocycles. The maximum atomic E-state index is 11.3. The Morgan fingerprint density at radius 3 is 3.05 bits per heavy atom. The fraction of sp³-hybridized carbons (Fsp3) is 0.467. The van der Waals surface area contributed by atoms with E-state index < -0.39 is 6.09 Å². The van der Waals surface area contributed by atoms with Crippen molar-refractivity contribution in [3.8, 4) is 5.75 Å². The van der Waals surface area contributed by atoms with Crippen molar-refractivity contribution in [3.63, 3.8) is 0 Å². The Hall–Kier alpha value is -2.04. The summed E-state index contributed by atoms with van der Waals surface area (Å²) in [4.78, 5) is 16.9. The Morgan fingerprint density at radius 1 is 1.60 bits per heavy atom. The fourth-order valence-corrected chi connectivity index (χ4v) is 2.68. The number of hydrogen-bond acceptors (Lipinski definition) is 3. The van der Waals surface area contributed by atoms with Gasteiger partial charge in [0.15, 0.2) is 0 Å². The Bertz CT molecular complexity index is 514. The lowest BCUT2D eigenvalue weighted by Gasteiger charge is -2.30. The van der Waals surface area contributed by atoms with Crippen LogP contribution in [0.1, 0.15) is 31.7 Å². The highest BCUT2D eigenvalue weighted by molar-refractivity contribution is 5.72. The second kappa shape index (κ2) is 6.41. The maximum absolute atomic E-state index is 11.3. The molecule has 20 heavy (non-hydrogen) atoms. The molecule has 1 unspecified atom stereocenters. The average Bonchev–Trinajstić information content (AvgIpc) is 2.48. The first kappa shape index (κ1) is 14.4. The van der Waals surface area contributed by atoms with Crippen molar-refractivity contribution in [2.45, 2.75) is 32.2 Å². The fourth-order valence-electron chi connectivity index (χ4n) is 2.68. The van der Waals surface area contributed by atoms with Crippen LogP contribution in [0.5, 0.6) is 5.75 Å². The van der Waals surface area contributed by atoms with Crippen LogP contribution in [-0.4, -0.2) is 40.8 Å². The molecule has 0 fully saturated rings. The molecule has 0 bridgehead atoms. The molecule has 1 aliphatic rings. The molecule has 0 saturated carbocycles. The third-order valence-electron chi connectivity index (χ3n) is 3.67. The minimum atomic E-state index is -0.867. The molecule has 0 aliphatic heterocycles. The van der Waals surface area contributed by atoms with Crippen LogP contribution in [0.15, 0.2) is 24.5 Å². The number of allylic oxidation sites excluding steroid dienone is 1. The zero-order valence-electron chi connectivity index (χ0n) is 11.9. The minimum Gasteiger partial charge on any atom is -0.496 e. The van der Waals surface area contributed by atoms with Crippen LogP contribution in [0, 0.1) is 0 Å². The topological polar surface area (TPSA) is 62.7 Å². The van der Waals surface area contributed by atoms with Gasteiger partial charge in [0, 0.05) is 24.5 Å². The SMILES string of the molecule is CCN(C(=O)O)C1C=C(c2cnccc2OC)CCC1. The molecule has 1 heterocycles. The number of methoxy groups -OCH3 is 1. The van der Waals surface area contributed by atoms with Gasteiger partial charge in [-0.2, -0.15) is 0 Å². The molecule has 1 aliphatic carbocycles. The summed E-state index contributed by atoms with van der Waals surface area (Å²) in [6.07, 6.45) is 7.41. The quantitative estimate of drug-likeness (QED) is 0.918. The van der Waals surface area contributed by atoms with Gasteiger partial charge in [0.2, 0.25) is 0 Å². The predicted octanol–water partition coefficient (Wildman–Crippen LogP) is 3.03. The summed E-state index contributed by atoms with van der Waals surface area (Å²) in [5.41, 5.74) is 2.08. The lowest BCUT2D eigenvalue weighted by atomic mass is 9.90. The van der Waals surface area contributed by atoms with Gasteiger partial charge in [-0.15, -0.1) is 0 Å². The molecule has 1 N–H and O–H groups in total.